The Hall–Kier alpha value is -0.650. The zero-order valence-electron chi connectivity index (χ0n) is 13.0. The van der Waals surface area contributed by atoms with Crippen molar-refractivity contribution in [2.45, 2.75) is 69.7 Å². The third-order valence-corrected chi connectivity index (χ3v) is 5.91. The highest BCUT2D eigenvalue weighted by Crippen LogP contribution is 2.28. The monoisotopic (exact) mass is 343 g/mol. The van der Waals surface area contributed by atoms with E-state index in [1.165, 1.54) is 34.8 Å². The quantitative estimate of drug-likeness (QED) is 0.808. The Balaban J connectivity index is 0.00000176. The standard InChI is InChI=1S/C16H25N3OS.ClH/c17-16(9-3-4-10-16)15(20)18-11-5-8-14-19-12-6-1-2-7-13(12)21-14;/h1-11,17H2,(H,18,20);1H. The van der Waals surface area contributed by atoms with Crippen LogP contribution in [-0.4, -0.2) is 23.0 Å². The molecule has 2 aliphatic rings. The number of aromatic nitrogens is 1. The third-order valence-electron chi connectivity index (χ3n) is 4.69. The highest BCUT2D eigenvalue weighted by molar-refractivity contribution is 7.11. The number of hydrogen-bond acceptors (Lipinski definition) is 4. The highest BCUT2D eigenvalue weighted by Gasteiger charge is 2.36. The van der Waals surface area contributed by atoms with Crippen LogP contribution >= 0.6 is 23.7 Å². The topological polar surface area (TPSA) is 68.0 Å². The largest absolute Gasteiger partial charge is 0.354 e. The van der Waals surface area contributed by atoms with E-state index in [1.807, 2.05) is 11.3 Å². The minimum Gasteiger partial charge on any atom is -0.354 e. The van der Waals surface area contributed by atoms with E-state index < -0.39 is 5.54 Å². The summed E-state index contributed by atoms with van der Waals surface area (Å²) in [5, 5.41) is 4.25. The van der Waals surface area contributed by atoms with Gasteiger partial charge in [-0.25, -0.2) is 4.98 Å². The van der Waals surface area contributed by atoms with Crippen molar-refractivity contribution in [1.82, 2.24) is 10.3 Å². The molecule has 124 valence electrons. The molecule has 0 unspecified atom stereocenters. The van der Waals surface area contributed by atoms with Crippen LogP contribution in [0.4, 0.5) is 0 Å². The number of carbonyl (C=O) groups is 1. The van der Waals surface area contributed by atoms with Crippen molar-refractivity contribution in [3.63, 3.8) is 0 Å². The fourth-order valence-electron chi connectivity index (χ4n) is 3.36. The molecular formula is C16H26ClN3OS. The minimum atomic E-state index is -0.597. The predicted octanol–water partition coefficient (Wildman–Crippen LogP) is 2.76. The molecule has 0 radical (unpaired) electrons. The van der Waals surface area contributed by atoms with Crippen molar-refractivity contribution in [3.05, 3.63) is 15.6 Å². The molecule has 22 heavy (non-hydrogen) atoms. The molecule has 0 bridgehead atoms. The van der Waals surface area contributed by atoms with Crippen molar-refractivity contribution in [3.8, 4) is 0 Å². The van der Waals surface area contributed by atoms with Crippen LogP contribution in [0.15, 0.2) is 0 Å². The van der Waals surface area contributed by atoms with Crippen molar-refractivity contribution >= 4 is 29.7 Å². The molecular weight excluding hydrogens is 318 g/mol. The summed E-state index contributed by atoms with van der Waals surface area (Å²) in [6, 6.07) is 0. The van der Waals surface area contributed by atoms with Crippen molar-refractivity contribution in [2.75, 3.05) is 6.54 Å². The number of nitrogens with one attached hydrogen (secondary N) is 1. The first-order valence-corrected chi connectivity index (χ1v) is 9.04. The number of thiazole rings is 1. The van der Waals surface area contributed by atoms with Gasteiger partial charge < -0.3 is 11.1 Å². The molecule has 4 nitrogen and oxygen atoms in total. The maximum Gasteiger partial charge on any atom is 0.240 e. The average molecular weight is 344 g/mol. The maximum atomic E-state index is 12.1. The molecule has 6 heteroatoms. The molecule has 0 atom stereocenters. The summed E-state index contributed by atoms with van der Waals surface area (Å²) in [6.07, 6.45) is 10.7. The summed E-state index contributed by atoms with van der Waals surface area (Å²) >= 11 is 1.87. The van der Waals surface area contributed by atoms with E-state index in [1.54, 1.807) is 0 Å². The maximum absolute atomic E-state index is 12.1. The van der Waals surface area contributed by atoms with Crippen LogP contribution in [0.3, 0.4) is 0 Å². The van der Waals surface area contributed by atoms with Crippen LogP contribution in [0.25, 0.3) is 0 Å². The molecule has 0 aliphatic heterocycles. The number of nitrogens with zero attached hydrogens (tertiary/aromatic N) is 1. The van der Waals surface area contributed by atoms with E-state index in [-0.39, 0.29) is 18.3 Å². The van der Waals surface area contributed by atoms with E-state index in [4.69, 9.17) is 10.7 Å². The van der Waals surface area contributed by atoms with Crippen molar-refractivity contribution in [2.24, 2.45) is 5.73 Å². The second kappa shape index (κ2) is 7.75. The van der Waals surface area contributed by atoms with Gasteiger partial charge in [0, 0.05) is 17.8 Å². The van der Waals surface area contributed by atoms with Gasteiger partial charge >= 0.3 is 0 Å². The molecule has 1 aromatic heterocycles. The van der Waals surface area contributed by atoms with Crippen LogP contribution in [-0.2, 0) is 24.1 Å². The first-order chi connectivity index (χ1) is 10.2. The lowest BCUT2D eigenvalue weighted by atomic mass is 9.98. The number of fused-ring (bicyclic) bond motifs is 1. The molecule has 1 fully saturated rings. The van der Waals surface area contributed by atoms with Gasteiger partial charge in [0.2, 0.25) is 5.91 Å². The van der Waals surface area contributed by atoms with E-state index >= 15 is 0 Å². The van der Waals surface area contributed by atoms with Gasteiger partial charge in [-0.1, -0.05) is 12.8 Å². The van der Waals surface area contributed by atoms with Gasteiger partial charge in [0.05, 0.1) is 16.2 Å². The Labute approximate surface area is 142 Å². The normalized spacial score (nSPS) is 19.3. The van der Waals surface area contributed by atoms with Crippen LogP contribution in [0.1, 0.15) is 60.5 Å². The molecule has 0 aromatic carbocycles. The summed E-state index contributed by atoms with van der Waals surface area (Å²) in [6.45, 7) is 0.710. The molecule has 1 saturated carbocycles. The molecule has 1 amide bonds. The van der Waals surface area contributed by atoms with E-state index in [9.17, 15) is 4.79 Å². The molecule has 1 aromatic rings. The van der Waals surface area contributed by atoms with Crippen LogP contribution in [0.5, 0.6) is 0 Å². The van der Waals surface area contributed by atoms with Gasteiger partial charge in [-0.15, -0.1) is 23.7 Å². The van der Waals surface area contributed by atoms with Gasteiger partial charge in [0.15, 0.2) is 0 Å². The number of nitrogens with two attached hydrogens (primary N) is 1. The van der Waals surface area contributed by atoms with Crippen LogP contribution in [0, 0.1) is 0 Å². The van der Waals surface area contributed by atoms with Crippen molar-refractivity contribution in [1.29, 1.82) is 0 Å². The van der Waals surface area contributed by atoms with Gasteiger partial charge in [0.1, 0.15) is 0 Å². The van der Waals surface area contributed by atoms with Gasteiger partial charge in [0.25, 0.3) is 0 Å². The highest BCUT2D eigenvalue weighted by atomic mass is 35.5. The summed E-state index contributed by atoms with van der Waals surface area (Å²) in [5.41, 5.74) is 6.87. The average Bonchev–Trinajstić information content (AvgIpc) is 3.10. The number of carbonyl (C=O) groups excluding carboxylic acids is 1. The number of hydrogen-bond donors (Lipinski definition) is 2. The van der Waals surface area contributed by atoms with Crippen molar-refractivity contribution < 1.29 is 4.79 Å². The first kappa shape index (κ1) is 17.7. The van der Waals surface area contributed by atoms with E-state index in [2.05, 4.69) is 5.32 Å². The molecule has 0 spiro atoms. The zero-order valence-corrected chi connectivity index (χ0v) is 14.7. The first-order valence-electron chi connectivity index (χ1n) is 8.22. The Morgan fingerprint density at radius 1 is 1.23 bits per heavy atom. The van der Waals surface area contributed by atoms with E-state index in [0.717, 1.165) is 44.9 Å². The fourth-order valence-corrected chi connectivity index (χ4v) is 4.56. The second-order valence-electron chi connectivity index (χ2n) is 6.41. The molecule has 3 N–H and O–H groups in total. The summed E-state index contributed by atoms with van der Waals surface area (Å²) in [4.78, 5) is 18.3. The fraction of sp³-hybridized carbons (Fsp3) is 0.750. The molecule has 3 rings (SSSR count). The van der Waals surface area contributed by atoms with Gasteiger partial charge in [-0.3, -0.25) is 4.79 Å². The number of amides is 1. The lowest BCUT2D eigenvalue weighted by molar-refractivity contribution is -0.126. The SMILES string of the molecule is Cl.NC1(C(=O)NCCCc2nc3c(s2)CCCC3)CCCC1. The van der Waals surface area contributed by atoms with E-state index in [0.29, 0.717) is 6.54 Å². The van der Waals surface area contributed by atoms with Gasteiger partial charge in [-0.05, 0) is 44.9 Å². The summed E-state index contributed by atoms with van der Waals surface area (Å²) in [5.74, 6) is 0.0402. The Morgan fingerprint density at radius 2 is 1.95 bits per heavy atom. The summed E-state index contributed by atoms with van der Waals surface area (Å²) in [7, 11) is 0. The lowest BCUT2D eigenvalue weighted by Crippen LogP contribution is -2.52. The minimum absolute atomic E-state index is 0. The van der Waals surface area contributed by atoms with Crippen LogP contribution in [0.2, 0.25) is 0 Å². The number of rotatable bonds is 5. The van der Waals surface area contributed by atoms with Gasteiger partial charge in [-0.2, -0.15) is 0 Å². The zero-order chi connectivity index (χ0) is 14.7. The number of halogens is 1. The van der Waals surface area contributed by atoms with Crippen LogP contribution < -0.4 is 11.1 Å². The Bertz CT molecular complexity index is 488. The second-order valence-corrected chi connectivity index (χ2v) is 7.58. The smallest absolute Gasteiger partial charge is 0.240 e. The third kappa shape index (κ3) is 4.00. The molecule has 1 heterocycles. The Morgan fingerprint density at radius 3 is 2.68 bits per heavy atom. The predicted molar refractivity (Wildman–Crippen MR) is 92.7 cm³/mol. The Kier molecular flexibility index (Phi) is 6.24. The molecule has 0 saturated heterocycles. The summed E-state index contributed by atoms with van der Waals surface area (Å²) < 4.78 is 0. The lowest BCUT2D eigenvalue weighted by Gasteiger charge is -2.22. The molecule has 2 aliphatic carbocycles. The number of aryl methyl sites for hydroxylation is 3.